The molecule has 1 atom stereocenters. The summed E-state index contributed by atoms with van der Waals surface area (Å²) in [4.78, 5) is 6.68. The highest BCUT2D eigenvalue weighted by Gasteiger charge is 2.12. The number of aryl methyl sites for hydroxylation is 1. The summed E-state index contributed by atoms with van der Waals surface area (Å²) >= 11 is 3.34. The summed E-state index contributed by atoms with van der Waals surface area (Å²) < 4.78 is 0. The summed E-state index contributed by atoms with van der Waals surface area (Å²) in [6.45, 7) is 2.09. The number of nitrogens with zero attached hydrogens (tertiary/aromatic N) is 1. The van der Waals surface area contributed by atoms with Crippen molar-refractivity contribution in [1.82, 2.24) is 4.98 Å². The van der Waals surface area contributed by atoms with Crippen molar-refractivity contribution in [2.24, 2.45) is 5.73 Å². The van der Waals surface area contributed by atoms with Gasteiger partial charge in [-0.05, 0) is 19.1 Å². The lowest BCUT2D eigenvalue weighted by molar-refractivity contribution is 0.878. The van der Waals surface area contributed by atoms with Crippen LogP contribution in [0, 0.1) is 6.92 Å². The minimum atomic E-state index is -0.0429. The molecule has 0 aliphatic heterocycles. The standard InChI is InChI=1S/C9H10N2S2/c1-6-2-3-7(13-6)8(10)9-11-4-5-12-9/h2-5,8H,10H2,1H3. The fourth-order valence-corrected chi connectivity index (χ4v) is 2.74. The summed E-state index contributed by atoms with van der Waals surface area (Å²) in [5.74, 6) is 0. The zero-order valence-electron chi connectivity index (χ0n) is 7.23. The van der Waals surface area contributed by atoms with Gasteiger partial charge in [0.1, 0.15) is 5.01 Å². The van der Waals surface area contributed by atoms with Gasteiger partial charge in [0.25, 0.3) is 0 Å². The SMILES string of the molecule is Cc1ccc(C(N)c2nccs2)s1. The third-order valence-electron chi connectivity index (χ3n) is 1.79. The quantitative estimate of drug-likeness (QED) is 0.827. The molecule has 0 bridgehead atoms. The molecule has 2 nitrogen and oxygen atoms in total. The first-order valence-electron chi connectivity index (χ1n) is 3.98. The molecule has 0 aliphatic rings. The van der Waals surface area contributed by atoms with Crippen molar-refractivity contribution >= 4 is 22.7 Å². The summed E-state index contributed by atoms with van der Waals surface area (Å²) in [7, 11) is 0. The number of aromatic nitrogens is 1. The second-order valence-electron chi connectivity index (χ2n) is 2.80. The second kappa shape index (κ2) is 3.57. The van der Waals surface area contributed by atoms with Crippen LogP contribution in [0.15, 0.2) is 23.7 Å². The van der Waals surface area contributed by atoms with Gasteiger partial charge >= 0.3 is 0 Å². The smallest absolute Gasteiger partial charge is 0.115 e. The van der Waals surface area contributed by atoms with Gasteiger partial charge in [-0.3, -0.25) is 0 Å². The van der Waals surface area contributed by atoms with Gasteiger partial charge in [0.05, 0.1) is 6.04 Å². The molecule has 0 saturated heterocycles. The average molecular weight is 210 g/mol. The molecule has 2 heterocycles. The van der Waals surface area contributed by atoms with Crippen LogP contribution >= 0.6 is 22.7 Å². The van der Waals surface area contributed by atoms with Crippen LogP contribution in [0.1, 0.15) is 20.8 Å². The Morgan fingerprint density at radius 1 is 1.46 bits per heavy atom. The highest BCUT2D eigenvalue weighted by Crippen LogP contribution is 2.27. The van der Waals surface area contributed by atoms with Gasteiger partial charge in [-0.1, -0.05) is 0 Å². The Morgan fingerprint density at radius 2 is 2.31 bits per heavy atom. The molecular formula is C9H10N2S2. The zero-order valence-corrected chi connectivity index (χ0v) is 8.86. The Kier molecular flexibility index (Phi) is 2.44. The van der Waals surface area contributed by atoms with Gasteiger partial charge < -0.3 is 5.73 Å². The molecule has 68 valence electrons. The number of thiazole rings is 1. The number of thiophene rings is 1. The van der Waals surface area contributed by atoms with E-state index in [1.807, 2.05) is 5.38 Å². The van der Waals surface area contributed by atoms with Crippen LogP contribution in [0.3, 0.4) is 0 Å². The molecule has 0 spiro atoms. The van der Waals surface area contributed by atoms with Crippen LogP contribution in [0.5, 0.6) is 0 Å². The molecule has 0 saturated carbocycles. The van der Waals surface area contributed by atoms with E-state index in [-0.39, 0.29) is 6.04 Å². The summed E-state index contributed by atoms with van der Waals surface area (Å²) in [6.07, 6.45) is 1.79. The van der Waals surface area contributed by atoms with Crippen LogP contribution in [-0.2, 0) is 0 Å². The molecule has 0 aliphatic carbocycles. The minimum absolute atomic E-state index is 0.0429. The maximum absolute atomic E-state index is 6.03. The van der Waals surface area contributed by atoms with Crippen molar-refractivity contribution in [2.45, 2.75) is 13.0 Å². The maximum Gasteiger partial charge on any atom is 0.115 e. The van der Waals surface area contributed by atoms with E-state index < -0.39 is 0 Å². The first-order valence-corrected chi connectivity index (χ1v) is 5.68. The summed E-state index contributed by atoms with van der Waals surface area (Å²) in [5, 5.41) is 2.94. The summed E-state index contributed by atoms with van der Waals surface area (Å²) in [6, 6.07) is 4.12. The van der Waals surface area contributed by atoms with Crippen LogP contribution in [0.25, 0.3) is 0 Å². The predicted molar refractivity (Wildman–Crippen MR) is 57.2 cm³/mol. The summed E-state index contributed by atoms with van der Waals surface area (Å²) in [5.41, 5.74) is 6.03. The highest BCUT2D eigenvalue weighted by molar-refractivity contribution is 7.12. The van der Waals surface area contributed by atoms with E-state index in [4.69, 9.17) is 5.73 Å². The van der Waals surface area contributed by atoms with Crippen molar-refractivity contribution in [3.8, 4) is 0 Å². The van der Waals surface area contributed by atoms with Crippen molar-refractivity contribution < 1.29 is 0 Å². The zero-order chi connectivity index (χ0) is 9.26. The number of hydrogen-bond donors (Lipinski definition) is 1. The van der Waals surface area contributed by atoms with Gasteiger partial charge in [-0.15, -0.1) is 22.7 Å². The monoisotopic (exact) mass is 210 g/mol. The molecule has 0 fully saturated rings. The van der Waals surface area contributed by atoms with Crippen molar-refractivity contribution in [1.29, 1.82) is 0 Å². The molecule has 2 rings (SSSR count). The lowest BCUT2D eigenvalue weighted by Gasteiger charge is -2.03. The topological polar surface area (TPSA) is 38.9 Å². The Labute approximate surface area is 85.1 Å². The first kappa shape index (κ1) is 8.87. The van der Waals surface area contributed by atoms with E-state index >= 15 is 0 Å². The first-order chi connectivity index (χ1) is 6.27. The van der Waals surface area contributed by atoms with Crippen molar-refractivity contribution in [2.75, 3.05) is 0 Å². The average Bonchev–Trinajstić information content (AvgIpc) is 2.72. The fourth-order valence-electron chi connectivity index (χ4n) is 1.13. The normalized spacial score (nSPS) is 13.1. The largest absolute Gasteiger partial charge is 0.318 e. The van der Waals surface area contributed by atoms with E-state index in [9.17, 15) is 0 Å². The van der Waals surface area contributed by atoms with Gasteiger partial charge in [0.15, 0.2) is 0 Å². The Balaban J connectivity index is 2.28. The van der Waals surface area contributed by atoms with E-state index in [0.29, 0.717) is 0 Å². The van der Waals surface area contributed by atoms with Crippen LogP contribution < -0.4 is 5.73 Å². The molecule has 0 radical (unpaired) electrons. The predicted octanol–water partition coefficient (Wildman–Crippen LogP) is 2.56. The number of hydrogen-bond acceptors (Lipinski definition) is 4. The molecule has 2 aromatic rings. The van der Waals surface area contributed by atoms with Crippen LogP contribution in [0.4, 0.5) is 0 Å². The third kappa shape index (κ3) is 1.80. The van der Waals surface area contributed by atoms with Gasteiger partial charge in [0.2, 0.25) is 0 Å². The second-order valence-corrected chi connectivity index (χ2v) is 5.04. The number of nitrogens with two attached hydrogens (primary N) is 1. The van der Waals surface area contributed by atoms with E-state index in [0.717, 1.165) is 5.01 Å². The van der Waals surface area contributed by atoms with Crippen molar-refractivity contribution in [3.63, 3.8) is 0 Å². The van der Waals surface area contributed by atoms with E-state index in [2.05, 4.69) is 24.0 Å². The van der Waals surface area contributed by atoms with Gasteiger partial charge in [-0.2, -0.15) is 0 Å². The molecule has 13 heavy (non-hydrogen) atoms. The lowest BCUT2D eigenvalue weighted by atomic mass is 10.3. The van der Waals surface area contributed by atoms with Crippen LogP contribution in [-0.4, -0.2) is 4.98 Å². The Hall–Kier alpha value is -0.710. The van der Waals surface area contributed by atoms with E-state index in [1.165, 1.54) is 9.75 Å². The third-order valence-corrected chi connectivity index (χ3v) is 3.73. The molecule has 4 heteroatoms. The molecule has 0 amide bonds. The van der Waals surface area contributed by atoms with Crippen LogP contribution in [0.2, 0.25) is 0 Å². The lowest BCUT2D eigenvalue weighted by Crippen LogP contribution is -2.09. The van der Waals surface area contributed by atoms with Gasteiger partial charge in [-0.25, -0.2) is 4.98 Å². The Bertz CT molecular complexity index is 378. The number of rotatable bonds is 2. The maximum atomic E-state index is 6.03. The molecule has 0 aromatic carbocycles. The van der Waals surface area contributed by atoms with E-state index in [1.54, 1.807) is 28.9 Å². The molecular weight excluding hydrogens is 200 g/mol. The Morgan fingerprint density at radius 3 is 2.85 bits per heavy atom. The highest BCUT2D eigenvalue weighted by atomic mass is 32.1. The fraction of sp³-hybridized carbons (Fsp3) is 0.222. The van der Waals surface area contributed by atoms with Gasteiger partial charge in [0, 0.05) is 21.3 Å². The molecule has 2 N–H and O–H groups in total. The van der Waals surface area contributed by atoms with Crippen molar-refractivity contribution in [3.05, 3.63) is 38.5 Å². The minimum Gasteiger partial charge on any atom is -0.318 e. The molecule has 2 aromatic heterocycles. The molecule has 1 unspecified atom stereocenters.